The summed E-state index contributed by atoms with van der Waals surface area (Å²) in [6.07, 6.45) is 3.98. The molecule has 3 heteroatoms. The molecule has 0 aliphatic heterocycles. The van der Waals surface area contributed by atoms with Gasteiger partial charge in [-0.15, -0.1) is 0 Å². The highest BCUT2D eigenvalue weighted by molar-refractivity contribution is 6.33. The van der Waals surface area contributed by atoms with Crippen LogP contribution in [0.3, 0.4) is 0 Å². The molecule has 2 saturated carbocycles. The molecule has 0 saturated heterocycles. The summed E-state index contributed by atoms with van der Waals surface area (Å²) in [5, 5.41) is 1.29. The van der Waals surface area contributed by atoms with Crippen molar-refractivity contribution in [2.45, 2.75) is 25.7 Å². The van der Waals surface area contributed by atoms with E-state index in [0.29, 0.717) is 22.2 Å². The van der Waals surface area contributed by atoms with Crippen LogP contribution in [0.4, 0.5) is 0 Å². The van der Waals surface area contributed by atoms with Crippen LogP contribution in [-0.2, 0) is 11.2 Å². The summed E-state index contributed by atoms with van der Waals surface area (Å²) in [4.78, 5) is 12.1. The minimum absolute atomic E-state index is 0.272. The molecular weight excluding hydrogens is 255 g/mol. The van der Waals surface area contributed by atoms with Gasteiger partial charge in [-0.05, 0) is 54.9 Å². The molecule has 2 fully saturated rings. The minimum Gasteiger partial charge on any atom is -0.299 e. The van der Waals surface area contributed by atoms with Crippen molar-refractivity contribution in [3.8, 4) is 0 Å². The van der Waals surface area contributed by atoms with Crippen LogP contribution in [0.15, 0.2) is 18.2 Å². The average Bonchev–Trinajstić information content (AvgIpc) is 2.91. The van der Waals surface area contributed by atoms with Crippen molar-refractivity contribution in [2.75, 3.05) is 0 Å². The van der Waals surface area contributed by atoms with Crippen molar-refractivity contribution >= 4 is 29.0 Å². The van der Waals surface area contributed by atoms with E-state index in [1.54, 1.807) is 18.2 Å². The highest BCUT2D eigenvalue weighted by Gasteiger charge is 2.47. The summed E-state index contributed by atoms with van der Waals surface area (Å²) in [5.41, 5.74) is 0.866. The average molecular weight is 269 g/mol. The molecule has 2 atom stereocenters. The smallest absolute Gasteiger partial charge is 0.140 e. The van der Waals surface area contributed by atoms with Gasteiger partial charge in [0.25, 0.3) is 0 Å². The summed E-state index contributed by atoms with van der Waals surface area (Å²) in [5.74, 6) is 2.30. The lowest BCUT2D eigenvalue weighted by molar-refractivity contribution is -0.122. The largest absolute Gasteiger partial charge is 0.299 e. The molecule has 1 nitrogen and oxygen atoms in total. The molecule has 0 bridgehead atoms. The second kappa shape index (κ2) is 4.29. The first kappa shape index (κ1) is 11.6. The molecule has 17 heavy (non-hydrogen) atoms. The van der Waals surface area contributed by atoms with Crippen molar-refractivity contribution in [3.63, 3.8) is 0 Å². The van der Waals surface area contributed by atoms with E-state index in [1.807, 2.05) is 0 Å². The maximum absolute atomic E-state index is 12.1. The first-order valence-corrected chi connectivity index (χ1v) is 6.85. The standard InChI is InChI=1S/C14H14Cl2O/c15-12-1-2-13(16)10(6-12)7-14(17)11-4-8-3-9(8)5-11/h1-2,6,8-9,11H,3-5,7H2. The predicted octanol–water partition coefficient (Wildman–Crippen LogP) is 4.15. The SMILES string of the molecule is O=C(Cc1cc(Cl)ccc1Cl)C1CC2CC2C1. The summed E-state index contributed by atoms with van der Waals surface area (Å²) >= 11 is 12.0. The van der Waals surface area contributed by atoms with Crippen LogP contribution < -0.4 is 0 Å². The monoisotopic (exact) mass is 268 g/mol. The molecule has 1 aromatic carbocycles. The lowest BCUT2D eigenvalue weighted by Gasteiger charge is -2.11. The zero-order valence-corrected chi connectivity index (χ0v) is 11.0. The van der Waals surface area contributed by atoms with E-state index in [2.05, 4.69) is 0 Å². The van der Waals surface area contributed by atoms with E-state index in [-0.39, 0.29) is 5.92 Å². The molecular formula is C14H14Cl2O. The molecule has 0 aromatic heterocycles. The van der Waals surface area contributed by atoms with Gasteiger partial charge in [0.1, 0.15) is 5.78 Å². The predicted molar refractivity (Wildman–Crippen MR) is 69.5 cm³/mol. The highest BCUT2D eigenvalue weighted by Crippen LogP contribution is 2.54. The van der Waals surface area contributed by atoms with Gasteiger partial charge in [-0.1, -0.05) is 23.2 Å². The Hall–Kier alpha value is -0.530. The van der Waals surface area contributed by atoms with Crippen molar-refractivity contribution in [3.05, 3.63) is 33.8 Å². The van der Waals surface area contributed by atoms with Crippen LogP contribution >= 0.6 is 23.2 Å². The number of Topliss-reactive ketones (excluding diaryl/α,β-unsaturated/α-hetero) is 1. The van der Waals surface area contributed by atoms with Crippen LogP contribution in [0.2, 0.25) is 10.0 Å². The van der Waals surface area contributed by atoms with Gasteiger partial charge in [-0.25, -0.2) is 0 Å². The first-order chi connectivity index (χ1) is 8.13. The van der Waals surface area contributed by atoms with Gasteiger partial charge in [0, 0.05) is 22.4 Å². The van der Waals surface area contributed by atoms with Gasteiger partial charge < -0.3 is 0 Å². The Morgan fingerprint density at radius 2 is 1.88 bits per heavy atom. The summed E-state index contributed by atoms with van der Waals surface area (Å²) < 4.78 is 0. The van der Waals surface area contributed by atoms with E-state index in [9.17, 15) is 4.79 Å². The molecule has 0 spiro atoms. The fourth-order valence-electron chi connectivity index (χ4n) is 2.99. The summed E-state index contributed by atoms with van der Waals surface area (Å²) in [7, 11) is 0. The van der Waals surface area contributed by atoms with Crippen LogP contribution in [-0.4, -0.2) is 5.78 Å². The Morgan fingerprint density at radius 3 is 2.59 bits per heavy atom. The van der Waals surface area contributed by atoms with Gasteiger partial charge in [-0.3, -0.25) is 4.79 Å². The van der Waals surface area contributed by atoms with E-state index in [4.69, 9.17) is 23.2 Å². The van der Waals surface area contributed by atoms with Crippen LogP contribution in [0, 0.1) is 17.8 Å². The van der Waals surface area contributed by atoms with Crippen molar-refractivity contribution < 1.29 is 4.79 Å². The molecule has 0 radical (unpaired) electrons. The van der Waals surface area contributed by atoms with Gasteiger partial charge in [0.05, 0.1) is 0 Å². The molecule has 0 amide bonds. The Balaban J connectivity index is 1.69. The second-order valence-corrected chi connectivity index (χ2v) is 6.15. The van der Waals surface area contributed by atoms with Gasteiger partial charge in [0.2, 0.25) is 0 Å². The number of ketones is 1. The van der Waals surface area contributed by atoms with Gasteiger partial charge >= 0.3 is 0 Å². The number of carbonyl (C=O) groups excluding carboxylic acids is 1. The van der Waals surface area contributed by atoms with Crippen molar-refractivity contribution in [1.82, 2.24) is 0 Å². The zero-order chi connectivity index (χ0) is 12.0. The van der Waals surface area contributed by atoms with E-state index >= 15 is 0 Å². The van der Waals surface area contributed by atoms with Gasteiger partial charge in [0.15, 0.2) is 0 Å². The molecule has 3 rings (SSSR count). The van der Waals surface area contributed by atoms with E-state index in [1.165, 1.54) is 6.42 Å². The lowest BCUT2D eigenvalue weighted by atomic mass is 9.94. The minimum atomic E-state index is 0.272. The zero-order valence-electron chi connectivity index (χ0n) is 9.46. The maximum atomic E-state index is 12.1. The quantitative estimate of drug-likeness (QED) is 0.805. The van der Waals surface area contributed by atoms with E-state index in [0.717, 1.165) is 30.2 Å². The van der Waals surface area contributed by atoms with Crippen LogP contribution in [0.1, 0.15) is 24.8 Å². The summed E-state index contributed by atoms with van der Waals surface area (Å²) in [6, 6.07) is 5.32. The molecule has 90 valence electrons. The van der Waals surface area contributed by atoms with Crippen molar-refractivity contribution in [2.24, 2.45) is 17.8 Å². The number of hydrogen-bond acceptors (Lipinski definition) is 1. The van der Waals surface area contributed by atoms with Crippen LogP contribution in [0.25, 0.3) is 0 Å². The van der Waals surface area contributed by atoms with Gasteiger partial charge in [-0.2, -0.15) is 0 Å². The Morgan fingerprint density at radius 1 is 1.18 bits per heavy atom. The fourth-order valence-corrected chi connectivity index (χ4v) is 3.37. The van der Waals surface area contributed by atoms with Crippen molar-refractivity contribution in [1.29, 1.82) is 0 Å². The third-order valence-corrected chi connectivity index (χ3v) is 4.68. The number of fused-ring (bicyclic) bond motifs is 1. The first-order valence-electron chi connectivity index (χ1n) is 6.10. The summed E-state index contributed by atoms with van der Waals surface area (Å²) in [6.45, 7) is 0. The molecule has 0 N–H and O–H groups in total. The lowest BCUT2D eigenvalue weighted by Crippen LogP contribution is -2.15. The number of carbonyl (C=O) groups is 1. The fraction of sp³-hybridized carbons (Fsp3) is 0.500. The van der Waals surface area contributed by atoms with Crippen LogP contribution in [0.5, 0.6) is 0 Å². The number of hydrogen-bond donors (Lipinski definition) is 0. The molecule has 2 aliphatic rings. The normalized spacial score (nSPS) is 30.1. The maximum Gasteiger partial charge on any atom is 0.140 e. The number of benzene rings is 1. The Labute approximate surface area is 111 Å². The third kappa shape index (κ3) is 2.36. The number of rotatable bonds is 3. The molecule has 2 aliphatic carbocycles. The van der Waals surface area contributed by atoms with E-state index < -0.39 is 0 Å². The molecule has 0 heterocycles. The highest BCUT2D eigenvalue weighted by atomic mass is 35.5. The molecule has 1 aromatic rings. The second-order valence-electron chi connectivity index (χ2n) is 5.30. The number of halogens is 2. The Bertz CT molecular complexity index is 459. The topological polar surface area (TPSA) is 17.1 Å². The Kier molecular flexibility index (Phi) is 2.92. The molecule has 2 unspecified atom stereocenters. The third-order valence-electron chi connectivity index (χ3n) is 4.07.